The highest BCUT2D eigenvalue weighted by atomic mass is 32.2. The minimum absolute atomic E-state index is 0.0965. The quantitative estimate of drug-likeness (QED) is 0.643. The normalized spacial score (nSPS) is 11.1. The molecule has 0 aliphatic rings. The summed E-state index contributed by atoms with van der Waals surface area (Å²) in [5.41, 5.74) is 2.14. The SMILES string of the molecule is Cc1ccc(C)c(S(=O)(=O)Oc2ccc(C(=O)Nc3ccc(F)cc3)cc2)c1. The number of carbonyl (C=O) groups is 1. The Labute approximate surface area is 162 Å². The van der Waals surface area contributed by atoms with Crippen molar-refractivity contribution in [2.45, 2.75) is 18.7 Å². The van der Waals surface area contributed by atoms with Crippen molar-refractivity contribution in [3.63, 3.8) is 0 Å². The Balaban J connectivity index is 1.74. The summed E-state index contributed by atoms with van der Waals surface area (Å²) in [4.78, 5) is 12.3. The Morgan fingerprint density at radius 3 is 2.21 bits per heavy atom. The number of benzene rings is 3. The molecule has 0 atom stereocenters. The average molecular weight is 399 g/mol. The van der Waals surface area contributed by atoms with Crippen LogP contribution in [0.4, 0.5) is 10.1 Å². The highest BCUT2D eigenvalue weighted by molar-refractivity contribution is 7.87. The van der Waals surface area contributed by atoms with Crippen LogP contribution in [0.3, 0.4) is 0 Å². The third-order valence-electron chi connectivity index (χ3n) is 4.04. The maximum absolute atomic E-state index is 12.9. The fraction of sp³-hybridized carbons (Fsp3) is 0.0952. The predicted octanol–water partition coefficient (Wildman–Crippen LogP) is 4.46. The van der Waals surface area contributed by atoms with Gasteiger partial charge in [-0.15, -0.1) is 0 Å². The topological polar surface area (TPSA) is 72.5 Å². The first-order valence-electron chi connectivity index (χ1n) is 8.43. The highest BCUT2D eigenvalue weighted by Gasteiger charge is 2.19. The summed E-state index contributed by atoms with van der Waals surface area (Å²) in [5, 5.41) is 2.63. The van der Waals surface area contributed by atoms with Crippen LogP contribution >= 0.6 is 0 Å². The summed E-state index contributed by atoms with van der Waals surface area (Å²) in [6, 6.07) is 16.2. The molecule has 7 heteroatoms. The van der Waals surface area contributed by atoms with Crippen LogP contribution in [0.2, 0.25) is 0 Å². The van der Waals surface area contributed by atoms with E-state index in [4.69, 9.17) is 4.18 Å². The lowest BCUT2D eigenvalue weighted by Crippen LogP contribution is -2.13. The van der Waals surface area contributed by atoms with E-state index in [2.05, 4.69) is 5.32 Å². The van der Waals surface area contributed by atoms with Gasteiger partial charge in [0.1, 0.15) is 16.5 Å². The fourth-order valence-corrected chi connectivity index (χ4v) is 3.79. The van der Waals surface area contributed by atoms with E-state index >= 15 is 0 Å². The van der Waals surface area contributed by atoms with Gasteiger partial charge in [-0.2, -0.15) is 8.42 Å². The summed E-state index contributed by atoms with van der Waals surface area (Å²) in [5.74, 6) is -0.709. The van der Waals surface area contributed by atoms with Gasteiger partial charge in [0.2, 0.25) is 0 Å². The number of halogens is 1. The second-order valence-corrected chi connectivity index (χ2v) is 7.81. The van der Waals surface area contributed by atoms with Crippen molar-refractivity contribution in [3.05, 3.63) is 89.2 Å². The van der Waals surface area contributed by atoms with Gasteiger partial charge in [-0.3, -0.25) is 4.79 Å². The molecule has 0 bridgehead atoms. The van der Waals surface area contributed by atoms with E-state index in [0.717, 1.165) is 5.56 Å². The Morgan fingerprint density at radius 1 is 0.929 bits per heavy atom. The second-order valence-electron chi connectivity index (χ2n) is 6.29. The summed E-state index contributed by atoms with van der Waals surface area (Å²) < 4.78 is 43.2. The first-order chi connectivity index (χ1) is 13.2. The molecule has 3 aromatic carbocycles. The number of carbonyl (C=O) groups excluding carboxylic acids is 1. The van der Waals surface area contributed by atoms with Crippen molar-refractivity contribution in [2.75, 3.05) is 5.32 Å². The largest absolute Gasteiger partial charge is 0.379 e. The number of hydrogen-bond acceptors (Lipinski definition) is 4. The highest BCUT2D eigenvalue weighted by Crippen LogP contribution is 2.23. The van der Waals surface area contributed by atoms with Gasteiger partial charge in [0.05, 0.1) is 0 Å². The van der Waals surface area contributed by atoms with Crippen LogP contribution in [0.5, 0.6) is 5.75 Å². The van der Waals surface area contributed by atoms with Crippen molar-refractivity contribution in [1.29, 1.82) is 0 Å². The molecule has 1 N–H and O–H groups in total. The number of aryl methyl sites for hydroxylation is 2. The summed E-state index contributed by atoms with van der Waals surface area (Å²) in [7, 11) is -3.99. The maximum Gasteiger partial charge on any atom is 0.339 e. The van der Waals surface area contributed by atoms with Gasteiger partial charge in [0, 0.05) is 11.3 Å². The minimum Gasteiger partial charge on any atom is -0.379 e. The smallest absolute Gasteiger partial charge is 0.339 e. The van der Waals surface area contributed by atoms with Crippen molar-refractivity contribution >= 4 is 21.7 Å². The van der Waals surface area contributed by atoms with Crippen LogP contribution in [0, 0.1) is 19.7 Å². The molecule has 0 aliphatic carbocycles. The van der Waals surface area contributed by atoms with Crippen molar-refractivity contribution in [2.24, 2.45) is 0 Å². The van der Waals surface area contributed by atoms with Gasteiger partial charge >= 0.3 is 10.1 Å². The molecule has 0 saturated heterocycles. The van der Waals surface area contributed by atoms with E-state index in [1.165, 1.54) is 48.5 Å². The standard InChI is InChI=1S/C21H18FNO4S/c1-14-3-4-15(2)20(13-14)28(25,26)27-19-11-5-16(6-12-19)21(24)23-18-9-7-17(22)8-10-18/h3-13H,1-2H3,(H,23,24). The molecule has 28 heavy (non-hydrogen) atoms. The van der Waals surface area contributed by atoms with Crippen LogP contribution in [0.15, 0.2) is 71.6 Å². The van der Waals surface area contributed by atoms with Gasteiger partial charge in [-0.1, -0.05) is 12.1 Å². The number of anilines is 1. The van der Waals surface area contributed by atoms with Gasteiger partial charge in [-0.25, -0.2) is 4.39 Å². The third kappa shape index (κ3) is 4.55. The summed E-state index contributed by atoms with van der Waals surface area (Å²) >= 11 is 0. The zero-order valence-electron chi connectivity index (χ0n) is 15.3. The third-order valence-corrected chi connectivity index (χ3v) is 5.43. The number of nitrogens with one attached hydrogen (secondary N) is 1. The second kappa shape index (κ2) is 7.82. The van der Waals surface area contributed by atoms with Crippen LogP contribution in [-0.4, -0.2) is 14.3 Å². The Hall–Kier alpha value is -3.19. The van der Waals surface area contributed by atoms with E-state index in [1.807, 2.05) is 6.07 Å². The average Bonchev–Trinajstić information content (AvgIpc) is 2.65. The Kier molecular flexibility index (Phi) is 5.46. The van der Waals surface area contributed by atoms with Crippen LogP contribution < -0.4 is 9.50 Å². The lowest BCUT2D eigenvalue weighted by molar-refractivity contribution is 0.102. The molecule has 144 valence electrons. The van der Waals surface area contributed by atoms with Gasteiger partial charge in [-0.05, 0) is 79.6 Å². The van der Waals surface area contributed by atoms with Crippen LogP contribution in [0.25, 0.3) is 0 Å². The maximum atomic E-state index is 12.9. The molecule has 3 rings (SSSR count). The molecule has 1 amide bonds. The fourth-order valence-electron chi connectivity index (χ4n) is 2.55. The van der Waals surface area contributed by atoms with Crippen molar-refractivity contribution in [3.8, 4) is 5.75 Å². The summed E-state index contributed by atoms with van der Waals surface area (Å²) in [6.07, 6.45) is 0. The van der Waals surface area contributed by atoms with E-state index in [-0.39, 0.29) is 10.6 Å². The molecule has 0 radical (unpaired) electrons. The van der Waals surface area contributed by atoms with E-state index in [1.54, 1.807) is 26.0 Å². The molecule has 0 aromatic heterocycles. The molecule has 3 aromatic rings. The first kappa shape index (κ1) is 19.6. The van der Waals surface area contributed by atoms with Gasteiger partial charge < -0.3 is 9.50 Å². The van der Waals surface area contributed by atoms with Gasteiger partial charge in [0.15, 0.2) is 0 Å². The van der Waals surface area contributed by atoms with E-state index in [9.17, 15) is 17.6 Å². The zero-order valence-corrected chi connectivity index (χ0v) is 16.1. The zero-order chi connectivity index (χ0) is 20.3. The summed E-state index contributed by atoms with van der Waals surface area (Å²) in [6.45, 7) is 3.49. The molecule has 0 spiro atoms. The van der Waals surface area contributed by atoms with Crippen LogP contribution in [0.1, 0.15) is 21.5 Å². The monoisotopic (exact) mass is 399 g/mol. The number of rotatable bonds is 5. The molecular weight excluding hydrogens is 381 g/mol. The number of hydrogen-bond donors (Lipinski definition) is 1. The van der Waals surface area contributed by atoms with E-state index < -0.39 is 21.8 Å². The Bertz CT molecular complexity index is 1110. The van der Waals surface area contributed by atoms with Gasteiger partial charge in [0.25, 0.3) is 5.91 Å². The molecule has 0 fully saturated rings. The molecular formula is C21H18FNO4S. The molecule has 0 aliphatic heterocycles. The lowest BCUT2D eigenvalue weighted by Gasteiger charge is -2.11. The minimum atomic E-state index is -3.99. The van der Waals surface area contributed by atoms with Crippen molar-refractivity contribution < 1.29 is 21.8 Å². The molecule has 5 nitrogen and oxygen atoms in total. The van der Waals surface area contributed by atoms with E-state index in [0.29, 0.717) is 16.8 Å². The predicted molar refractivity (Wildman–Crippen MR) is 105 cm³/mol. The Morgan fingerprint density at radius 2 is 1.57 bits per heavy atom. The molecule has 0 saturated carbocycles. The van der Waals surface area contributed by atoms with Crippen LogP contribution in [-0.2, 0) is 10.1 Å². The molecule has 0 heterocycles. The first-order valence-corrected chi connectivity index (χ1v) is 9.84. The lowest BCUT2D eigenvalue weighted by atomic mass is 10.2. The molecule has 0 unspecified atom stereocenters. The number of amides is 1. The van der Waals surface area contributed by atoms with Crippen molar-refractivity contribution in [1.82, 2.24) is 0 Å².